The Kier molecular flexibility index (Phi) is 7.08. The summed E-state index contributed by atoms with van der Waals surface area (Å²) in [5, 5.41) is 23.2. The molecule has 0 spiro atoms. The van der Waals surface area contributed by atoms with Crippen LogP contribution >= 0.6 is 0 Å². The van der Waals surface area contributed by atoms with Crippen LogP contribution in [0, 0.1) is 21.7 Å². The van der Waals surface area contributed by atoms with Crippen molar-refractivity contribution in [3.05, 3.63) is 81.4 Å². The molecule has 0 amide bonds. The van der Waals surface area contributed by atoms with Gasteiger partial charge in [-0.2, -0.15) is 0 Å². The maximum atomic E-state index is 13.0. The third-order valence-electron chi connectivity index (χ3n) is 3.12. The first-order valence-corrected chi connectivity index (χ1v) is 6.82. The van der Waals surface area contributed by atoms with Crippen molar-refractivity contribution in [2.24, 2.45) is 0 Å². The third-order valence-corrected chi connectivity index (χ3v) is 3.12. The molecule has 2 aromatic carbocycles. The highest BCUT2D eigenvalue weighted by atomic mass is 19.1. The second kappa shape index (κ2) is 8.79. The fourth-order valence-corrected chi connectivity index (χ4v) is 2.20. The Balaban J connectivity index is 0.000000593. The Morgan fingerprint density at radius 1 is 1.00 bits per heavy atom. The summed E-state index contributed by atoms with van der Waals surface area (Å²) in [6.45, 7) is 1.71. The monoisotopic (exact) mass is 325 g/mol. The van der Waals surface area contributed by atoms with E-state index in [1.54, 1.807) is 31.2 Å². The van der Waals surface area contributed by atoms with E-state index in [0.717, 1.165) is 11.1 Å². The van der Waals surface area contributed by atoms with Crippen LogP contribution in [0.15, 0.2) is 48.5 Å². The highest BCUT2D eigenvalue weighted by Gasteiger charge is 2.16. The fourth-order valence-electron chi connectivity index (χ4n) is 2.20. The van der Waals surface area contributed by atoms with Crippen molar-refractivity contribution in [1.82, 2.24) is 0 Å². The van der Waals surface area contributed by atoms with Gasteiger partial charge < -0.3 is 10.3 Å². The van der Waals surface area contributed by atoms with Gasteiger partial charge in [0.2, 0.25) is 0 Å². The topological polar surface area (TPSA) is 83.6 Å². The van der Waals surface area contributed by atoms with E-state index >= 15 is 0 Å². The first-order chi connectivity index (χ1) is 10.8. The van der Waals surface area contributed by atoms with Gasteiger partial charge in [0.05, 0.1) is 6.10 Å². The van der Waals surface area contributed by atoms with Gasteiger partial charge in [0.25, 0.3) is 5.09 Å². The quantitative estimate of drug-likeness (QED) is 0.665. The van der Waals surface area contributed by atoms with E-state index in [1.807, 2.05) is 0 Å². The van der Waals surface area contributed by atoms with E-state index in [4.69, 9.17) is 15.3 Å². The molecule has 0 saturated heterocycles. The lowest BCUT2D eigenvalue weighted by Crippen LogP contribution is -2.10. The standard InChI is InChI=1S/C16H16F2O.HNO3/c1-11(19)10-16(12-2-6-14(17)7-3-12)13-4-8-15(18)9-5-13;2-1(3)4/h2-9,11,16,19H,10H2,1H3;(H,2,3,4). The van der Waals surface area contributed by atoms with Gasteiger partial charge in [-0.25, -0.2) is 8.78 Å². The van der Waals surface area contributed by atoms with Gasteiger partial charge in [-0.3, -0.25) is 0 Å². The summed E-state index contributed by atoms with van der Waals surface area (Å²) in [6.07, 6.45) is 0.0252. The van der Waals surface area contributed by atoms with Crippen molar-refractivity contribution in [3.63, 3.8) is 0 Å². The Labute approximate surface area is 131 Å². The van der Waals surface area contributed by atoms with Crippen molar-refractivity contribution in [2.45, 2.75) is 25.4 Å². The van der Waals surface area contributed by atoms with Crippen LogP contribution in [0.2, 0.25) is 0 Å². The van der Waals surface area contributed by atoms with Crippen LogP contribution in [0.1, 0.15) is 30.4 Å². The van der Waals surface area contributed by atoms with Crippen LogP contribution in [0.3, 0.4) is 0 Å². The molecule has 7 heteroatoms. The van der Waals surface area contributed by atoms with Crippen LogP contribution in [-0.4, -0.2) is 21.5 Å². The number of rotatable bonds is 4. The van der Waals surface area contributed by atoms with Crippen LogP contribution in [0.5, 0.6) is 0 Å². The molecular formula is C16H17F2NO4. The first-order valence-electron chi connectivity index (χ1n) is 6.82. The molecule has 0 saturated carbocycles. The molecule has 0 aliphatic carbocycles. The van der Waals surface area contributed by atoms with Gasteiger partial charge in [0.15, 0.2) is 0 Å². The minimum absolute atomic E-state index is 0.0683. The zero-order chi connectivity index (χ0) is 17.4. The second-order valence-corrected chi connectivity index (χ2v) is 4.98. The predicted molar refractivity (Wildman–Crippen MR) is 79.7 cm³/mol. The largest absolute Gasteiger partial charge is 0.393 e. The van der Waals surface area contributed by atoms with E-state index < -0.39 is 11.2 Å². The van der Waals surface area contributed by atoms with Gasteiger partial charge in [0, 0.05) is 5.92 Å². The van der Waals surface area contributed by atoms with Crippen molar-refractivity contribution in [1.29, 1.82) is 0 Å². The lowest BCUT2D eigenvalue weighted by molar-refractivity contribution is -0.742. The summed E-state index contributed by atoms with van der Waals surface area (Å²) < 4.78 is 25.9. The Hall–Kier alpha value is -2.54. The van der Waals surface area contributed by atoms with E-state index in [-0.39, 0.29) is 17.6 Å². The maximum Gasteiger partial charge on any atom is 0.291 e. The number of hydrogen-bond donors (Lipinski definition) is 2. The SMILES string of the molecule is CC(O)CC(c1ccc(F)cc1)c1ccc(F)cc1.O=[N+]([O-])O. The number of nitrogens with zero attached hydrogens (tertiary/aromatic N) is 1. The minimum atomic E-state index is -1.50. The molecule has 0 aliphatic heterocycles. The third kappa shape index (κ3) is 6.84. The van der Waals surface area contributed by atoms with Crippen LogP contribution < -0.4 is 0 Å². The van der Waals surface area contributed by atoms with Crippen molar-refractivity contribution in [2.75, 3.05) is 0 Å². The molecule has 23 heavy (non-hydrogen) atoms. The molecule has 0 heterocycles. The zero-order valence-electron chi connectivity index (χ0n) is 12.4. The summed E-state index contributed by atoms with van der Waals surface area (Å²) in [6, 6.07) is 12.4. The summed E-state index contributed by atoms with van der Waals surface area (Å²) in [5.74, 6) is -0.654. The van der Waals surface area contributed by atoms with Gasteiger partial charge in [-0.05, 0) is 48.7 Å². The van der Waals surface area contributed by atoms with Crippen LogP contribution in [0.25, 0.3) is 0 Å². The molecule has 2 N–H and O–H groups in total. The van der Waals surface area contributed by atoms with E-state index in [1.165, 1.54) is 24.3 Å². The van der Waals surface area contributed by atoms with E-state index in [9.17, 15) is 13.9 Å². The molecule has 0 aliphatic rings. The Morgan fingerprint density at radius 2 is 1.30 bits per heavy atom. The molecular weight excluding hydrogens is 308 g/mol. The number of aliphatic hydroxyl groups is 1. The van der Waals surface area contributed by atoms with Crippen molar-refractivity contribution in [3.8, 4) is 0 Å². The molecule has 0 radical (unpaired) electrons. The fraction of sp³-hybridized carbons (Fsp3) is 0.250. The molecule has 2 rings (SSSR count). The molecule has 1 unspecified atom stereocenters. The predicted octanol–water partition coefficient (Wildman–Crippen LogP) is 3.52. The number of hydrogen-bond acceptors (Lipinski definition) is 3. The average Bonchev–Trinajstić information content (AvgIpc) is 2.46. The van der Waals surface area contributed by atoms with Gasteiger partial charge in [0.1, 0.15) is 11.6 Å². The lowest BCUT2D eigenvalue weighted by Gasteiger charge is -2.19. The molecule has 0 bridgehead atoms. The molecule has 0 fully saturated rings. The van der Waals surface area contributed by atoms with E-state index in [0.29, 0.717) is 6.42 Å². The smallest absolute Gasteiger partial charge is 0.291 e. The number of halogens is 2. The first kappa shape index (κ1) is 18.5. The van der Waals surface area contributed by atoms with E-state index in [2.05, 4.69) is 0 Å². The summed E-state index contributed by atoms with van der Waals surface area (Å²) in [4.78, 5) is 8.36. The van der Waals surface area contributed by atoms with Gasteiger partial charge >= 0.3 is 0 Å². The van der Waals surface area contributed by atoms with Crippen LogP contribution in [0.4, 0.5) is 8.78 Å². The summed E-state index contributed by atoms with van der Waals surface area (Å²) >= 11 is 0. The molecule has 2 aromatic rings. The highest BCUT2D eigenvalue weighted by molar-refractivity contribution is 5.32. The zero-order valence-corrected chi connectivity index (χ0v) is 12.4. The van der Waals surface area contributed by atoms with Gasteiger partial charge in [-0.1, -0.05) is 24.3 Å². The maximum absolute atomic E-state index is 13.0. The minimum Gasteiger partial charge on any atom is -0.393 e. The Morgan fingerprint density at radius 3 is 1.57 bits per heavy atom. The molecule has 0 aromatic heterocycles. The number of aliphatic hydroxyl groups excluding tert-OH is 1. The molecule has 1 atom stereocenters. The van der Waals surface area contributed by atoms with Crippen LogP contribution in [-0.2, 0) is 0 Å². The van der Waals surface area contributed by atoms with Crippen molar-refractivity contribution >= 4 is 0 Å². The lowest BCUT2D eigenvalue weighted by atomic mass is 9.87. The second-order valence-electron chi connectivity index (χ2n) is 4.98. The molecule has 124 valence electrons. The average molecular weight is 325 g/mol. The Bertz CT molecular complexity index is 565. The molecule has 5 nitrogen and oxygen atoms in total. The highest BCUT2D eigenvalue weighted by Crippen LogP contribution is 2.29. The van der Waals surface area contributed by atoms with Crippen molar-refractivity contribution < 1.29 is 24.2 Å². The number of benzene rings is 2. The van der Waals surface area contributed by atoms with Gasteiger partial charge in [-0.15, -0.1) is 10.1 Å². The summed E-state index contributed by atoms with van der Waals surface area (Å²) in [5.41, 5.74) is 1.82. The summed E-state index contributed by atoms with van der Waals surface area (Å²) in [7, 11) is 0. The normalized spacial score (nSPS) is 11.5.